The van der Waals surface area contributed by atoms with Gasteiger partial charge in [-0.15, -0.1) is 11.3 Å². The second-order valence-corrected chi connectivity index (χ2v) is 5.68. The molecule has 2 aromatic rings. The second-order valence-electron chi connectivity index (χ2n) is 4.68. The lowest BCUT2D eigenvalue weighted by molar-refractivity contribution is 0.0934. The number of nitrogens with zero attached hydrogens (tertiary/aromatic N) is 1. The van der Waals surface area contributed by atoms with Crippen molar-refractivity contribution in [3.8, 4) is 0 Å². The quantitative estimate of drug-likeness (QED) is 0.883. The van der Waals surface area contributed by atoms with E-state index in [1.807, 2.05) is 0 Å². The van der Waals surface area contributed by atoms with Gasteiger partial charge in [-0.2, -0.15) is 0 Å². The van der Waals surface area contributed by atoms with Gasteiger partial charge in [0.05, 0.1) is 23.5 Å². The van der Waals surface area contributed by atoms with E-state index in [-0.39, 0.29) is 11.9 Å². The standard InChI is InChI=1S/C14H15N3OS/c15-11-8-16-6-4-9(11)14(18)17-12-2-1-3-13-10(12)5-7-19-13/h4-8,12H,1-3,15H2,(H,17,18). The first-order chi connectivity index (χ1) is 9.25. The molecule has 4 nitrogen and oxygen atoms in total. The molecule has 1 unspecified atom stereocenters. The van der Waals surface area contributed by atoms with Crippen LogP contribution in [0.25, 0.3) is 0 Å². The summed E-state index contributed by atoms with van der Waals surface area (Å²) in [5, 5.41) is 5.17. The molecule has 1 amide bonds. The molecule has 0 saturated heterocycles. The van der Waals surface area contributed by atoms with E-state index in [1.54, 1.807) is 23.6 Å². The summed E-state index contributed by atoms with van der Waals surface area (Å²) in [6, 6.07) is 3.87. The Hall–Kier alpha value is -1.88. The number of aryl methyl sites for hydroxylation is 1. The lowest BCUT2D eigenvalue weighted by Gasteiger charge is -2.23. The van der Waals surface area contributed by atoms with Gasteiger partial charge in [0, 0.05) is 11.1 Å². The number of anilines is 1. The van der Waals surface area contributed by atoms with E-state index in [9.17, 15) is 4.79 Å². The van der Waals surface area contributed by atoms with Crippen molar-refractivity contribution in [2.24, 2.45) is 0 Å². The molecule has 2 aromatic heterocycles. The van der Waals surface area contributed by atoms with Gasteiger partial charge in [-0.05, 0) is 42.3 Å². The molecule has 0 bridgehead atoms. The monoisotopic (exact) mass is 273 g/mol. The van der Waals surface area contributed by atoms with Gasteiger partial charge < -0.3 is 11.1 Å². The molecular weight excluding hydrogens is 258 g/mol. The number of aromatic nitrogens is 1. The molecule has 1 aliphatic rings. The lowest BCUT2D eigenvalue weighted by Crippen LogP contribution is -2.30. The van der Waals surface area contributed by atoms with Crippen molar-refractivity contribution in [2.75, 3.05) is 5.73 Å². The minimum Gasteiger partial charge on any atom is -0.397 e. The highest BCUT2D eigenvalue weighted by Crippen LogP contribution is 2.33. The van der Waals surface area contributed by atoms with Gasteiger partial charge >= 0.3 is 0 Å². The molecule has 0 radical (unpaired) electrons. The highest BCUT2D eigenvalue weighted by molar-refractivity contribution is 7.10. The number of thiophene rings is 1. The summed E-state index contributed by atoms with van der Waals surface area (Å²) in [5.74, 6) is -0.121. The highest BCUT2D eigenvalue weighted by Gasteiger charge is 2.23. The summed E-state index contributed by atoms with van der Waals surface area (Å²) in [7, 11) is 0. The Labute approximate surface area is 115 Å². The third-order valence-electron chi connectivity index (χ3n) is 3.45. The third kappa shape index (κ3) is 2.33. The summed E-state index contributed by atoms with van der Waals surface area (Å²) in [6.07, 6.45) is 6.31. The van der Waals surface area contributed by atoms with Crippen molar-refractivity contribution in [1.82, 2.24) is 10.3 Å². The number of amides is 1. The largest absolute Gasteiger partial charge is 0.397 e. The van der Waals surface area contributed by atoms with Crippen LogP contribution >= 0.6 is 11.3 Å². The Morgan fingerprint density at radius 1 is 1.47 bits per heavy atom. The molecule has 0 spiro atoms. The predicted molar refractivity (Wildman–Crippen MR) is 76.1 cm³/mol. The SMILES string of the molecule is Nc1cnccc1C(=O)NC1CCCc2sccc21. The number of nitrogen functional groups attached to an aromatic ring is 1. The van der Waals surface area contributed by atoms with Crippen LogP contribution in [0.3, 0.4) is 0 Å². The molecule has 98 valence electrons. The Kier molecular flexibility index (Phi) is 3.21. The molecule has 1 aliphatic carbocycles. The Morgan fingerprint density at radius 3 is 3.21 bits per heavy atom. The van der Waals surface area contributed by atoms with Crippen molar-refractivity contribution < 1.29 is 4.79 Å². The molecule has 0 fully saturated rings. The zero-order chi connectivity index (χ0) is 13.2. The molecule has 2 heterocycles. The first-order valence-electron chi connectivity index (χ1n) is 6.32. The normalized spacial score (nSPS) is 17.8. The zero-order valence-electron chi connectivity index (χ0n) is 10.4. The van der Waals surface area contributed by atoms with Crippen molar-refractivity contribution in [1.29, 1.82) is 0 Å². The van der Waals surface area contributed by atoms with Gasteiger partial charge in [0.1, 0.15) is 0 Å². The zero-order valence-corrected chi connectivity index (χ0v) is 11.2. The van der Waals surface area contributed by atoms with Crippen LogP contribution in [-0.2, 0) is 6.42 Å². The number of hydrogen-bond acceptors (Lipinski definition) is 4. The number of carbonyl (C=O) groups excluding carboxylic acids is 1. The van der Waals surface area contributed by atoms with Crippen LogP contribution in [0.4, 0.5) is 5.69 Å². The Morgan fingerprint density at radius 2 is 2.37 bits per heavy atom. The number of carbonyl (C=O) groups is 1. The molecular formula is C14H15N3OS. The van der Waals surface area contributed by atoms with Crippen LogP contribution < -0.4 is 11.1 Å². The van der Waals surface area contributed by atoms with Gasteiger partial charge in [0.2, 0.25) is 0 Å². The average molecular weight is 273 g/mol. The van der Waals surface area contributed by atoms with Crippen molar-refractivity contribution in [3.05, 3.63) is 45.9 Å². The smallest absolute Gasteiger partial charge is 0.253 e. The Balaban J connectivity index is 1.80. The molecule has 5 heteroatoms. The summed E-state index contributed by atoms with van der Waals surface area (Å²) in [4.78, 5) is 17.5. The summed E-state index contributed by atoms with van der Waals surface area (Å²) in [6.45, 7) is 0. The van der Waals surface area contributed by atoms with E-state index in [0.29, 0.717) is 11.3 Å². The first-order valence-corrected chi connectivity index (χ1v) is 7.20. The molecule has 0 aliphatic heterocycles. The van der Waals surface area contributed by atoms with E-state index < -0.39 is 0 Å². The van der Waals surface area contributed by atoms with Crippen molar-refractivity contribution in [3.63, 3.8) is 0 Å². The summed E-state index contributed by atoms with van der Waals surface area (Å²) < 4.78 is 0. The van der Waals surface area contributed by atoms with Gasteiger partial charge in [-0.3, -0.25) is 9.78 Å². The van der Waals surface area contributed by atoms with Crippen LogP contribution in [-0.4, -0.2) is 10.9 Å². The van der Waals surface area contributed by atoms with E-state index in [2.05, 4.69) is 21.7 Å². The van der Waals surface area contributed by atoms with Gasteiger partial charge in [-0.25, -0.2) is 0 Å². The fourth-order valence-corrected chi connectivity index (χ4v) is 3.47. The van der Waals surface area contributed by atoms with Crippen LogP contribution in [0.1, 0.15) is 39.7 Å². The van der Waals surface area contributed by atoms with Crippen molar-refractivity contribution >= 4 is 22.9 Å². The lowest BCUT2D eigenvalue weighted by atomic mass is 9.94. The maximum absolute atomic E-state index is 12.2. The fourth-order valence-electron chi connectivity index (χ4n) is 2.49. The summed E-state index contributed by atoms with van der Waals surface area (Å²) in [5.41, 5.74) is 7.96. The molecule has 3 rings (SSSR count). The second kappa shape index (κ2) is 5.01. The van der Waals surface area contributed by atoms with E-state index in [4.69, 9.17) is 5.73 Å². The van der Waals surface area contributed by atoms with Gasteiger partial charge in [0.15, 0.2) is 0 Å². The predicted octanol–water partition coefficient (Wildman–Crippen LogP) is 2.53. The van der Waals surface area contributed by atoms with E-state index >= 15 is 0 Å². The van der Waals surface area contributed by atoms with Crippen LogP contribution in [0.15, 0.2) is 29.9 Å². The highest BCUT2D eigenvalue weighted by atomic mass is 32.1. The van der Waals surface area contributed by atoms with Crippen LogP contribution in [0.2, 0.25) is 0 Å². The first kappa shape index (κ1) is 12.2. The molecule has 3 N–H and O–H groups in total. The number of hydrogen-bond donors (Lipinski definition) is 2. The number of pyridine rings is 1. The fraction of sp³-hybridized carbons (Fsp3) is 0.286. The number of fused-ring (bicyclic) bond motifs is 1. The Bertz CT molecular complexity index is 608. The maximum Gasteiger partial charge on any atom is 0.253 e. The minimum atomic E-state index is -0.121. The van der Waals surface area contributed by atoms with E-state index in [1.165, 1.54) is 16.6 Å². The van der Waals surface area contributed by atoms with Gasteiger partial charge in [0.25, 0.3) is 5.91 Å². The number of nitrogens with one attached hydrogen (secondary N) is 1. The van der Waals surface area contributed by atoms with Crippen LogP contribution in [0.5, 0.6) is 0 Å². The minimum absolute atomic E-state index is 0.107. The van der Waals surface area contributed by atoms with Gasteiger partial charge in [-0.1, -0.05) is 0 Å². The molecule has 19 heavy (non-hydrogen) atoms. The van der Waals surface area contributed by atoms with Crippen molar-refractivity contribution in [2.45, 2.75) is 25.3 Å². The number of nitrogens with two attached hydrogens (primary N) is 1. The maximum atomic E-state index is 12.2. The molecule has 0 aromatic carbocycles. The number of rotatable bonds is 2. The van der Waals surface area contributed by atoms with E-state index in [0.717, 1.165) is 19.3 Å². The van der Waals surface area contributed by atoms with Crippen LogP contribution in [0, 0.1) is 0 Å². The topological polar surface area (TPSA) is 68.0 Å². The third-order valence-corrected chi connectivity index (χ3v) is 4.45. The summed E-state index contributed by atoms with van der Waals surface area (Å²) >= 11 is 1.77. The average Bonchev–Trinajstić information content (AvgIpc) is 2.88. The molecule has 0 saturated carbocycles. The molecule has 1 atom stereocenters.